The van der Waals surface area contributed by atoms with Crippen LogP contribution < -0.4 is 11.5 Å². The number of nitrogens with two attached hydrogens (primary N) is 2. The number of nitrogens with zero attached hydrogens (tertiary/aromatic N) is 1. The van der Waals surface area contributed by atoms with Gasteiger partial charge < -0.3 is 21.7 Å². The van der Waals surface area contributed by atoms with Crippen molar-refractivity contribution in [3.8, 4) is 0 Å². The lowest BCUT2D eigenvalue weighted by molar-refractivity contribution is 0.0952. The van der Waals surface area contributed by atoms with Gasteiger partial charge in [0.2, 0.25) is 0 Å². The second kappa shape index (κ2) is 5.77. The van der Waals surface area contributed by atoms with Gasteiger partial charge in [-0.15, -0.1) is 0 Å². The van der Waals surface area contributed by atoms with Crippen LogP contribution in [0.25, 0.3) is 0 Å². The Hall–Kier alpha value is -1.01. The monoisotopic (exact) mass is 211 g/mol. The van der Waals surface area contributed by atoms with Gasteiger partial charge in [0.25, 0.3) is 0 Å². The number of pyridine rings is 1. The van der Waals surface area contributed by atoms with Gasteiger partial charge >= 0.3 is 0 Å². The molecule has 0 aliphatic rings. The minimum absolute atomic E-state index is 0.267. The molecule has 0 amide bonds. The summed E-state index contributed by atoms with van der Waals surface area (Å²) in [4.78, 5) is 4.16. The molecular weight excluding hydrogens is 194 g/mol. The van der Waals surface area contributed by atoms with E-state index in [0.717, 1.165) is 16.8 Å². The second-order valence-electron chi connectivity index (χ2n) is 3.40. The van der Waals surface area contributed by atoms with E-state index < -0.39 is 6.10 Å². The molecular formula is C10H17N3O2. The summed E-state index contributed by atoms with van der Waals surface area (Å²) in [6, 6.07) is 1.87. The standard InChI is InChI=1S/C10H17N3O2/c11-3-7-1-8(2-9(15)6-14)10(4-12)13-5-7/h1,5,9,14-15H,2-4,6,11-12H2. The molecule has 6 N–H and O–H groups in total. The smallest absolute Gasteiger partial charge is 0.0811 e. The summed E-state index contributed by atoms with van der Waals surface area (Å²) in [6.07, 6.45) is 1.26. The normalized spacial score (nSPS) is 12.8. The van der Waals surface area contributed by atoms with Gasteiger partial charge in [0, 0.05) is 25.7 Å². The average molecular weight is 211 g/mol. The maximum absolute atomic E-state index is 9.35. The molecule has 0 aliphatic carbocycles. The molecule has 1 aromatic heterocycles. The Labute approximate surface area is 88.7 Å². The fraction of sp³-hybridized carbons (Fsp3) is 0.500. The lowest BCUT2D eigenvalue weighted by Gasteiger charge is -2.11. The minimum atomic E-state index is -0.773. The SMILES string of the molecule is NCc1cnc(CN)c(CC(O)CO)c1. The molecule has 84 valence electrons. The highest BCUT2D eigenvalue weighted by Crippen LogP contribution is 2.11. The molecule has 0 bridgehead atoms. The fourth-order valence-corrected chi connectivity index (χ4v) is 1.38. The van der Waals surface area contributed by atoms with E-state index in [4.69, 9.17) is 16.6 Å². The Bertz CT molecular complexity index is 318. The molecule has 5 nitrogen and oxygen atoms in total. The van der Waals surface area contributed by atoms with Gasteiger partial charge in [0.05, 0.1) is 18.4 Å². The van der Waals surface area contributed by atoms with Crippen LogP contribution in [0.1, 0.15) is 16.8 Å². The summed E-state index contributed by atoms with van der Waals surface area (Å²) >= 11 is 0. The molecule has 1 aromatic rings. The second-order valence-corrected chi connectivity index (χ2v) is 3.40. The first kappa shape index (κ1) is 12.1. The highest BCUT2D eigenvalue weighted by molar-refractivity contribution is 5.26. The molecule has 1 heterocycles. The van der Waals surface area contributed by atoms with Gasteiger partial charge in [-0.3, -0.25) is 4.98 Å². The van der Waals surface area contributed by atoms with E-state index in [0.29, 0.717) is 19.5 Å². The summed E-state index contributed by atoms with van der Waals surface area (Å²) < 4.78 is 0. The average Bonchev–Trinajstić information content (AvgIpc) is 2.28. The number of hydrogen-bond acceptors (Lipinski definition) is 5. The van der Waals surface area contributed by atoms with Crippen molar-refractivity contribution in [3.05, 3.63) is 29.1 Å². The van der Waals surface area contributed by atoms with Gasteiger partial charge in [0.15, 0.2) is 0 Å². The van der Waals surface area contributed by atoms with E-state index in [1.54, 1.807) is 6.20 Å². The maximum Gasteiger partial charge on any atom is 0.0811 e. The summed E-state index contributed by atoms with van der Waals surface area (Å²) in [5.41, 5.74) is 13.5. The zero-order chi connectivity index (χ0) is 11.3. The fourth-order valence-electron chi connectivity index (χ4n) is 1.38. The van der Waals surface area contributed by atoms with Crippen molar-refractivity contribution in [2.45, 2.75) is 25.6 Å². The Morgan fingerprint density at radius 3 is 2.60 bits per heavy atom. The Kier molecular flexibility index (Phi) is 4.64. The first-order chi connectivity index (χ1) is 7.21. The first-order valence-electron chi connectivity index (χ1n) is 4.87. The van der Waals surface area contributed by atoms with Gasteiger partial charge in [-0.2, -0.15) is 0 Å². The molecule has 5 heteroatoms. The van der Waals surface area contributed by atoms with Crippen LogP contribution in [0.5, 0.6) is 0 Å². The number of hydrogen-bond donors (Lipinski definition) is 4. The van der Waals surface area contributed by atoms with Crippen molar-refractivity contribution in [1.29, 1.82) is 0 Å². The predicted octanol–water partition coefficient (Wildman–Crippen LogP) is -1.11. The van der Waals surface area contributed by atoms with Crippen LogP contribution in [0, 0.1) is 0 Å². The van der Waals surface area contributed by atoms with E-state index in [1.807, 2.05) is 6.07 Å². The molecule has 0 aromatic carbocycles. The van der Waals surface area contributed by atoms with Gasteiger partial charge in [0.1, 0.15) is 0 Å². The molecule has 0 radical (unpaired) electrons. The number of aromatic nitrogens is 1. The molecule has 0 spiro atoms. The highest BCUT2D eigenvalue weighted by Gasteiger charge is 2.09. The van der Waals surface area contributed by atoms with E-state index in [2.05, 4.69) is 4.98 Å². The number of rotatable bonds is 5. The van der Waals surface area contributed by atoms with Crippen LogP contribution in [0.2, 0.25) is 0 Å². The van der Waals surface area contributed by atoms with E-state index in [9.17, 15) is 5.11 Å². The summed E-state index contributed by atoms with van der Waals surface area (Å²) in [6.45, 7) is 0.454. The van der Waals surface area contributed by atoms with Crippen LogP contribution in [0.4, 0.5) is 0 Å². The van der Waals surface area contributed by atoms with Crippen LogP contribution in [0.15, 0.2) is 12.3 Å². The third kappa shape index (κ3) is 3.24. The Morgan fingerprint density at radius 1 is 1.33 bits per heavy atom. The highest BCUT2D eigenvalue weighted by atomic mass is 16.3. The largest absolute Gasteiger partial charge is 0.394 e. The Balaban J connectivity index is 2.90. The molecule has 0 fully saturated rings. The van der Waals surface area contributed by atoms with Crippen LogP contribution in [-0.4, -0.2) is 27.9 Å². The summed E-state index contributed by atoms with van der Waals surface area (Å²) in [5, 5.41) is 18.1. The predicted molar refractivity (Wildman–Crippen MR) is 56.8 cm³/mol. The van der Waals surface area contributed by atoms with Gasteiger partial charge in [-0.05, 0) is 11.1 Å². The zero-order valence-electron chi connectivity index (χ0n) is 8.56. The molecule has 15 heavy (non-hydrogen) atoms. The van der Waals surface area contributed by atoms with Crippen molar-refractivity contribution >= 4 is 0 Å². The van der Waals surface area contributed by atoms with E-state index >= 15 is 0 Å². The van der Waals surface area contributed by atoms with Crippen LogP contribution >= 0.6 is 0 Å². The van der Waals surface area contributed by atoms with Crippen LogP contribution in [0.3, 0.4) is 0 Å². The van der Waals surface area contributed by atoms with Crippen molar-refractivity contribution in [1.82, 2.24) is 4.98 Å². The molecule has 0 saturated carbocycles. The third-order valence-electron chi connectivity index (χ3n) is 2.21. The summed E-state index contributed by atoms with van der Waals surface area (Å²) in [5.74, 6) is 0. The minimum Gasteiger partial charge on any atom is -0.394 e. The maximum atomic E-state index is 9.35. The Morgan fingerprint density at radius 2 is 2.07 bits per heavy atom. The van der Waals surface area contributed by atoms with E-state index in [-0.39, 0.29) is 6.61 Å². The molecule has 1 unspecified atom stereocenters. The quantitative estimate of drug-likeness (QED) is 0.494. The van der Waals surface area contributed by atoms with Crippen LogP contribution in [-0.2, 0) is 19.5 Å². The van der Waals surface area contributed by atoms with Crippen molar-refractivity contribution < 1.29 is 10.2 Å². The molecule has 1 rings (SSSR count). The lowest BCUT2D eigenvalue weighted by atomic mass is 10.0. The van der Waals surface area contributed by atoms with E-state index in [1.165, 1.54) is 0 Å². The topological polar surface area (TPSA) is 105 Å². The van der Waals surface area contributed by atoms with Gasteiger partial charge in [-0.25, -0.2) is 0 Å². The zero-order valence-corrected chi connectivity index (χ0v) is 8.56. The summed E-state index contributed by atoms with van der Waals surface area (Å²) in [7, 11) is 0. The first-order valence-corrected chi connectivity index (χ1v) is 4.87. The van der Waals surface area contributed by atoms with Gasteiger partial charge in [-0.1, -0.05) is 6.07 Å². The van der Waals surface area contributed by atoms with Crippen molar-refractivity contribution in [3.63, 3.8) is 0 Å². The lowest BCUT2D eigenvalue weighted by Crippen LogP contribution is -2.18. The molecule has 1 atom stereocenters. The number of aliphatic hydroxyl groups is 2. The molecule has 0 saturated heterocycles. The van der Waals surface area contributed by atoms with Crippen molar-refractivity contribution in [2.75, 3.05) is 6.61 Å². The van der Waals surface area contributed by atoms with Crippen molar-refractivity contribution in [2.24, 2.45) is 11.5 Å². The third-order valence-corrected chi connectivity index (χ3v) is 2.21. The number of aliphatic hydroxyl groups excluding tert-OH is 2. The molecule has 0 aliphatic heterocycles.